The number of rotatable bonds is 2. The normalized spacial score (nSPS) is 19.4. The number of piperidine rings is 2. The van der Waals surface area contributed by atoms with E-state index < -0.39 is 11.6 Å². The molecule has 24 heavy (non-hydrogen) atoms. The van der Waals surface area contributed by atoms with Crippen molar-refractivity contribution in [1.29, 1.82) is 0 Å². The molecule has 2 saturated heterocycles. The van der Waals surface area contributed by atoms with E-state index >= 15 is 0 Å². The maximum Gasteiger partial charge on any atom is 0.253 e. The molecule has 0 spiro atoms. The van der Waals surface area contributed by atoms with Gasteiger partial charge in [-0.2, -0.15) is 0 Å². The molecular weight excluding hydrogens is 314 g/mol. The van der Waals surface area contributed by atoms with E-state index in [9.17, 15) is 18.4 Å². The second-order valence-corrected chi connectivity index (χ2v) is 6.58. The third-order valence-corrected chi connectivity index (χ3v) is 4.97. The Morgan fingerprint density at radius 1 is 0.875 bits per heavy atom. The van der Waals surface area contributed by atoms with Gasteiger partial charge < -0.3 is 9.80 Å². The van der Waals surface area contributed by atoms with Crippen LogP contribution in [0.4, 0.5) is 8.78 Å². The summed E-state index contributed by atoms with van der Waals surface area (Å²) in [7, 11) is 0. The third-order valence-electron chi connectivity index (χ3n) is 4.97. The Labute approximate surface area is 140 Å². The van der Waals surface area contributed by atoms with Crippen LogP contribution in [0.25, 0.3) is 0 Å². The molecule has 6 heteroatoms. The van der Waals surface area contributed by atoms with Crippen LogP contribution in [-0.4, -0.2) is 47.8 Å². The molecule has 3 rings (SSSR count). The molecule has 2 fully saturated rings. The standard InChI is InChI=1S/C18H22F2N2O2/c19-15-5-4-14(12-16(15)20)18(24)22-10-6-13(7-11-22)17(23)21-8-2-1-3-9-21/h4-5,12-13H,1-3,6-11H2. The van der Waals surface area contributed by atoms with Gasteiger partial charge >= 0.3 is 0 Å². The zero-order valence-corrected chi connectivity index (χ0v) is 13.6. The highest BCUT2D eigenvalue weighted by Crippen LogP contribution is 2.23. The van der Waals surface area contributed by atoms with Gasteiger partial charge in [-0.15, -0.1) is 0 Å². The van der Waals surface area contributed by atoms with Crippen LogP contribution in [0.15, 0.2) is 18.2 Å². The fourth-order valence-electron chi connectivity index (χ4n) is 3.51. The Morgan fingerprint density at radius 3 is 2.17 bits per heavy atom. The van der Waals surface area contributed by atoms with Crippen molar-refractivity contribution in [3.05, 3.63) is 35.4 Å². The number of hydrogen-bond acceptors (Lipinski definition) is 2. The first-order valence-corrected chi connectivity index (χ1v) is 8.59. The summed E-state index contributed by atoms with van der Waals surface area (Å²) in [5, 5.41) is 0. The van der Waals surface area contributed by atoms with Crippen molar-refractivity contribution >= 4 is 11.8 Å². The molecule has 130 valence electrons. The molecule has 2 amide bonds. The van der Waals surface area contributed by atoms with E-state index in [1.54, 1.807) is 4.90 Å². The maximum atomic E-state index is 13.3. The smallest absolute Gasteiger partial charge is 0.253 e. The minimum Gasteiger partial charge on any atom is -0.342 e. The second-order valence-electron chi connectivity index (χ2n) is 6.58. The van der Waals surface area contributed by atoms with Crippen molar-refractivity contribution in [1.82, 2.24) is 9.80 Å². The Balaban J connectivity index is 1.57. The molecular formula is C18H22F2N2O2. The Morgan fingerprint density at radius 2 is 1.54 bits per heavy atom. The largest absolute Gasteiger partial charge is 0.342 e. The zero-order valence-electron chi connectivity index (χ0n) is 13.6. The quantitative estimate of drug-likeness (QED) is 0.833. The fourth-order valence-corrected chi connectivity index (χ4v) is 3.51. The van der Waals surface area contributed by atoms with Gasteiger partial charge in [0.1, 0.15) is 0 Å². The van der Waals surface area contributed by atoms with Crippen LogP contribution in [0.3, 0.4) is 0 Å². The molecule has 0 aliphatic carbocycles. The molecule has 2 heterocycles. The molecule has 2 aliphatic heterocycles. The summed E-state index contributed by atoms with van der Waals surface area (Å²) in [6.45, 7) is 2.63. The van der Waals surface area contributed by atoms with Gasteiger partial charge in [0.15, 0.2) is 11.6 Å². The van der Waals surface area contributed by atoms with Crippen molar-refractivity contribution in [3.8, 4) is 0 Å². The first-order chi connectivity index (χ1) is 11.6. The Bertz CT molecular complexity index is 621. The Kier molecular flexibility index (Phi) is 5.11. The minimum atomic E-state index is -1.02. The highest BCUT2D eigenvalue weighted by Gasteiger charge is 2.31. The number of halogens is 2. The molecule has 4 nitrogen and oxygen atoms in total. The van der Waals surface area contributed by atoms with Crippen LogP contribution < -0.4 is 0 Å². The molecule has 0 atom stereocenters. The number of likely N-dealkylation sites (tertiary alicyclic amines) is 2. The zero-order chi connectivity index (χ0) is 17.1. The highest BCUT2D eigenvalue weighted by atomic mass is 19.2. The summed E-state index contributed by atoms with van der Waals surface area (Å²) >= 11 is 0. The summed E-state index contributed by atoms with van der Waals surface area (Å²) < 4.78 is 26.3. The molecule has 0 saturated carbocycles. The van der Waals surface area contributed by atoms with Gasteiger partial charge in [0, 0.05) is 37.7 Å². The SMILES string of the molecule is O=C(c1ccc(F)c(F)c1)N1CCC(C(=O)N2CCCCC2)CC1. The minimum absolute atomic E-state index is 0.0305. The number of benzene rings is 1. The van der Waals surface area contributed by atoms with Gasteiger partial charge in [-0.05, 0) is 50.3 Å². The average Bonchev–Trinajstić information content (AvgIpc) is 2.63. The van der Waals surface area contributed by atoms with Crippen molar-refractivity contribution in [3.63, 3.8) is 0 Å². The monoisotopic (exact) mass is 336 g/mol. The van der Waals surface area contributed by atoms with Gasteiger partial charge in [-0.3, -0.25) is 9.59 Å². The van der Waals surface area contributed by atoms with Crippen molar-refractivity contribution in [2.24, 2.45) is 5.92 Å². The molecule has 0 radical (unpaired) electrons. The number of hydrogen-bond donors (Lipinski definition) is 0. The first-order valence-electron chi connectivity index (χ1n) is 8.59. The lowest BCUT2D eigenvalue weighted by Crippen LogP contribution is -2.45. The van der Waals surface area contributed by atoms with Crippen molar-refractivity contribution in [2.45, 2.75) is 32.1 Å². The molecule has 0 bridgehead atoms. The third kappa shape index (κ3) is 3.57. The van der Waals surface area contributed by atoms with E-state index in [2.05, 4.69) is 0 Å². The Hall–Kier alpha value is -1.98. The predicted molar refractivity (Wildman–Crippen MR) is 85.4 cm³/mol. The molecule has 1 aromatic carbocycles. The molecule has 0 unspecified atom stereocenters. The van der Waals surface area contributed by atoms with Crippen LogP contribution in [0.5, 0.6) is 0 Å². The van der Waals surface area contributed by atoms with Crippen LogP contribution in [-0.2, 0) is 4.79 Å². The molecule has 1 aromatic rings. The lowest BCUT2D eigenvalue weighted by atomic mass is 9.94. The lowest BCUT2D eigenvalue weighted by molar-refractivity contribution is -0.137. The second kappa shape index (κ2) is 7.28. The van der Waals surface area contributed by atoms with E-state index in [1.807, 2.05) is 4.90 Å². The molecule has 2 aliphatic rings. The summed E-state index contributed by atoms with van der Waals surface area (Å²) in [5.41, 5.74) is 0.148. The van der Waals surface area contributed by atoms with E-state index in [0.29, 0.717) is 25.9 Å². The van der Waals surface area contributed by atoms with E-state index in [4.69, 9.17) is 0 Å². The fraction of sp³-hybridized carbons (Fsp3) is 0.556. The first kappa shape index (κ1) is 16.9. The topological polar surface area (TPSA) is 40.6 Å². The van der Waals surface area contributed by atoms with Crippen LogP contribution in [0, 0.1) is 17.6 Å². The van der Waals surface area contributed by atoms with Gasteiger partial charge in [0.2, 0.25) is 5.91 Å². The van der Waals surface area contributed by atoms with Crippen LogP contribution >= 0.6 is 0 Å². The number of carbonyl (C=O) groups excluding carboxylic acids is 2. The summed E-state index contributed by atoms with van der Waals surface area (Å²) in [6.07, 6.45) is 4.58. The molecule has 0 aromatic heterocycles. The van der Waals surface area contributed by atoms with Gasteiger partial charge in [0.05, 0.1) is 0 Å². The van der Waals surface area contributed by atoms with Gasteiger partial charge in [0.25, 0.3) is 5.91 Å². The average molecular weight is 336 g/mol. The van der Waals surface area contributed by atoms with E-state index in [0.717, 1.165) is 38.1 Å². The maximum absolute atomic E-state index is 13.3. The predicted octanol–water partition coefficient (Wildman–Crippen LogP) is 2.83. The van der Waals surface area contributed by atoms with Crippen LogP contribution in [0.1, 0.15) is 42.5 Å². The van der Waals surface area contributed by atoms with Crippen LogP contribution in [0.2, 0.25) is 0 Å². The highest BCUT2D eigenvalue weighted by molar-refractivity contribution is 5.94. The lowest BCUT2D eigenvalue weighted by Gasteiger charge is -2.35. The summed E-state index contributed by atoms with van der Waals surface area (Å²) in [5.74, 6) is -2.11. The van der Waals surface area contributed by atoms with Gasteiger partial charge in [-0.25, -0.2) is 8.78 Å². The van der Waals surface area contributed by atoms with Crippen molar-refractivity contribution < 1.29 is 18.4 Å². The van der Waals surface area contributed by atoms with Gasteiger partial charge in [-0.1, -0.05) is 0 Å². The number of carbonyl (C=O) groups is 2. The van der Waals surface area contributed by atoms with E-state index in [1.165, 1.54) is 12.5 Å². The molecule has 0 N–H and O–H groups in total. The number of nitrogens with zero attached hydrogens (tertiary/aromatic N) is 2. The number of amides is 2. The van der Waals surface area contributed by atoms with Crippen molar-refractivity contribution in [2.75, 3.05) is 26.2 Å². The van der Waals surface area contributed by atoms with E-state index in [-0.39, 0.29) is 23.3 Å². The summed E-state index contributed by atoms with van der Waals surface area (Å²) in [6, 6.07) is 3.20. The summed E-state index contributed by atoms with van der Waals surface area (Å²) in [4.78, 5) is 28.5.